The molecule has 0 unspecified atom stereocenters. The molecule has 0 fully saturated rings. The Bertz CT molecular complexity index is 779. The van der Waals surface area contributed by atoms with Crippen LogP contribution in [-0.2, 0) is 0 Å². The largest absolute Gasteiger partial charge is 0.494 e. The van der Waals surface area contributed by atoms with Crippen LogP contribution in [0.5, 0.6) is 5.75 Å². The maximum absolute atomic E-state index is 12.2. The van der Waals surface area contributed by atoms with Crippen LogP contribution in [0.2, 0.25) is 0 Å². The summed E-state index contributed by atoms with van der Waals surface area (Å²) in [5.41, 5.74) is 0.441. The van der Waals surface area contributed by atoms with Crippen molar-refractivity contribution in [3.05, 3.63) is 64.2 Å². The SMILES string of the molecule is CCOc1cccc(C(=O)NC(=S)Nc2ccccc2[N+](=O)[O-])c1. The number of hydrogen-bond acceptors (Lipinski definition) is 5. The number of ether oxygens (including phenoxy) is 1. The number of amides is 1. The van der Waals surface area contributed by atoms with Gasteiger partial charge in [-0.25, -0.2) is 0 Å². The van der Waals surface area contributed by atoms with E-state index < -0.39 is 10.8 Å². The zero-order valence-corrected chi connectivity index (χ0v) is 13.6. The molecule has 1 amide bonds. The summed E-state index contributed by atoms with van der Waals surface area (Å²) in [6, 6.07) is 12.7. The van der Waals surface area contributed by atoms with Crippen LogP contribution in [0.4, 0.5) is 11.4 Å². The first-order chi connectivity index (χ1) is 11.5. The summed E-state index contributed by atoms with van der Waals surface area (Å²) in [4.78, 5) is 22.6. The maximum atomic E-state index is 12.2. The molecule has 2 N–H and O–H groups in total. The van der Waals surface area contributed by atoms with Gasteiger partial charge in [0.25, 0.3) is 11.6 Å². The van der Waals surface area contributed by atoms with Crippen molar-refractivity contribution in [3.63, 3.8) is 0 Å². The average molecular weight is 345 g/mol. The van der Waals surface area contributed by atoms with Crippen LogP contribution in [0.1, 0.15) is 17.3 Å². The Morgan fingerprint density at radius 2 is 2.00 bits per heavy atom. The monoisotopic (exact) mass is 345 g/mol. The van der Waals surface area contributed by atoms with Crippen molar-refractivity contribution in [3.8, 4) is 5.75 Å². The van der Waals surface area contributed by atoms with Gasteiger partial charge in [-0.1, -0.05) is 18.2 Å². The van der Waals surface area contributed by atoms with Gasteiger partial charge in [0.1, 0.15) is 11.4 Å². The lowest BCUT2D eigenvalue weighted by Crippen LogP contribution is -2.34. The molecular formula is C16H15N3O4S. The second-order valence-electron chi connectivity index (χ2n) is 4.64. The molecule has 0 radical (unpaired) electrons. The van der Waals surface area contributed by atoms with E-state index in [1.165, 1.54) is 12.1 Å². The molecule has 24 heavy (non-hydrogen) atoms. The highest BCUT2D eigenvalue weighted by molar-refractivity contribution is 7.80. The van der Waals surface area contributed by atoms with Crippen molar-refractivity contribution in [1.29, 1.82) is 0 Å². The van der Waals surface area contributed by atoms with E-state index in [4.69, 9.17) is 17.0 Å². The van der Waals surface area contributed by atoms with Crippen LogP contribution < -0.4 is 15.4 Å². The van der Waals surface area contributed by atoms with Gasteiger partial charge in [-0.2, -0.15) is 0 Å². The number of nitrogens with one attached hydrogen (secondary N) is 2. The summed E-state index contributed by atoms with van der Waals surface area (Å²) in [6.07, 6.45) is 0. The van der Waals surface area contributed by atoms with E-state index in [0.29, 0.717) is 17.9 Å². The van der Waals surface area contributed by atoms with Crippen LogP contribution in [0.3, 0.4) is 0 Å². The Hall–Kier alpha value is -3.00. The Kier molecular flexibility index (Phi) is 5.80. The molecule has 0 atom stereocenters. The lowest BCUT2D eigenvalue weighted by molar-refractivity contribution is -0.383. The topological polar surface area (TPSA) is 93.5 Å². The number of hydrogen-bond donors (Lipinski definition) is 2. The fourth-order valence-corrected chi connectivity index (χ4v) is 2.16. The number of carbonyl (C=O) groups excluding carboxylic acids is 1. The summed E-state index contributed by atoms with van der Waals surface area (Å²) < 4.78 is 5.34. The molecule has 0 heterocycles. The molecule has 0 aliphatic heterocycles. The van der Waals surface area contributed by atoms with E-state index in [9.17, 15) is 14.9 Å². The molecule has 0 bridgehead atoms. The minimum absolute atomic E-state index is 0.0314. The number of nitro groups is 1. The molecule has 0 aliphatic carbocycles. The molecule has 124 valence electrons. The second kappa shape index (κ2) is 8.02. The fourth-order valence-electron chi connectivity index (χ4n) is 1.96. The molecule has 0 saturated heterocycles. The van der Waals surface area contributed by atoms with Gasteiger partial charge in [0, 0.05) is 11.6 Å². The second-order valence-corrected chi connectivity index (χ2v) is 5.05. The highest BCUT2D eigenvalue weighted by atomic mass is 32.1. The Morgan fingerprint density at radius 1 is 1.25 bits per heavy atom. The van der Waals surface area contributed by atoms with Gasteiger partial charge in [-0.3, -0.25) is 20.2 Å². The third-order valence-electron chi connectivity index (χ3n) is 2.98. The minimum Gasteiger partial charge on any atom is -0.494 e. The summed E-state index contributed by atoms with van der Waals surface area (Å²) in [6.45, 7) is 2.33. The smallest absolute Gasteiger partial charge is 0.292 e. The van der Waals surface area contributed by atoms with E-state index >= 15 is 0 Å². The number of rotatable bonds is 5. The lowest BCUT2D eigenvalue weighted by atomic mass is 10.2. The van der Waals surface area contributed by atoms with Crippen molar-refractivity contribution in [2.75, 3.05) is 11.9 Å². The van der Waals surface area contributed by atoms with Crippen molar-refractivity contribution < 1.29 is 14.5 Å². The highest BCUT2D eigenvalue weighted by Crippen LogP contribution is 2.23. The summed E-state index contributed by atoms with van der Waals surface area (Å²) in [5, 5.41) is 16.1. The van der Waals surface area contributed by atoms with Gasteiger partial charge in [0.15, 0.2) is 5.11 Å². The lowest BCUT2D eigenvalue weighted by Gasteiger charge is -2.10. The van der Waals surface area contributed by atoms with Gasteiger partial charge < -0.3 is 10.1 Å². The first kappa shape index (κ1) is 17.4. The van der Waals surface area contributed by atoms with Crippen LogP contribution in [0, 0.1) is 10.1 Å². The van der Waals surface area contributed by atoms with Gasteiger partial charge in [-0.05, 0) is 43.4 Å². The van der Waals surface area contributed by atoms with Crippen LogP contribution in [0.25, 0.3) is 0 Å². The van der Waals surface area contributed by atoms with E-state index in [1.807, 2.05) is 6.92 Å². The molecule has 2 aromatic rings. The molecule has 7 nitrogen and oxygen atoms in total. The number of anilines is 1. The predicted octanol–water partition coefficient (Wildman–Crippen LogP) is 3.12. The van der Waals surface area contributed by atoms with Crippen molar-refractivity contribution in [1.82, 2.24) is 5.32 Å². The molecule has 0 aromatic heterocycles. The molecule has 2 aromatic carbocycles. The number of para-hydroxylation sites is 2. The van der Waals surface area contributed by atoms with Crippen molar-refractivity contribution >= 4 is 34.6 Å². The maximum Gasteiger partial charge on any atom is 0.292 e. The summed E-state index contributed by atoms with van der Waals surface area (Å²) >= 11 is 5.05. The molecule has 8 heteroatoms. The standard InChI is InChI=1S/C16H15N3O4S/c1-2-23-12-7-5-6-11(10-12)15(20)18-16(24)17-13-8-3-4-9-14(13)19(21)22/h3-10H,2H2,1H3,(H2,17,18,20,24). The number of nitro benzene ring substituents is 1. The normalized spacial score (nSPS) is 9.88. The van der Waals surface area contributed by atoms with E-state index in [-0.39, 0.29) is 16.5 Å². The van der Waals surface area contributed by atoms with E-state index in [1.54, 1.807) is 36.4 Å². The Morgan fingerprint density at radius 3 is 2.71 bits per heavy atom. The predicted molar refractivity (Wildman–Crippen MR) is 94.4 cm³/mol. The zero-order valence-electron chi connectivity index (χ0n) is 12.8. The molecular weight excluding hydrogens is 330 g/mol. The third-order valence-corrected chi connectivity index (χ3v) is 3.19. The van der Waals surface area contributed by atoms with Gasteiger partial charge >= 0.3 is 0 Å². The summed E-state index contributed by atoms with van der Waals surface area (Å²) in [5.74, 6) is 0.135. The molecule has 0 spiro atoms. The molecule has 2 rings (SSSR count). The fraction of sp³-hybridized carbons (Fsp3) is 0.125. The number of thiocarbonyl (C=S) groups is 1. The zero-order chi connectivity index (χ0) is 17.5. The summed E-state index contributed by atoms with van der Waals surface area (Å²) in [7, 11) is 0. The van der Waals surface area contributed by atoms with E-state index in [0.717, 1.165) is 0 Å². The van der Waals surface area contributed by atoms with Crippen LogP contribution >= 0.6 is 12.2 Å². The van der Waals surface area contributed by atoms with Gasteiger partial charge in [-0.15, -0.1) is 0 Å². The minimum atomic E-state index is -0.529. The average Bonchev–Trinajstić information content (AvgIpc) is 2.55. The van der Waals surface area contributed by atoms with Crippen LogP contribution in [0.15, 0.2) is 48.5 Å². The number of nitrogens with zero attached hydrogens (tertiary/aromatic N) is 1. The van der Waals surface area contributed by atoms with Crippen molar-refractivity contribution in [2.24, 2.45) is 0 Å². The Balaban J connectivity index is 2.06. The van der Waals surface area contributed by atoms with Crippen LogP contribution in [-0.4, -0.2) is 22.5 Å². The molecule has 0 aliphatic rings. The quantitative estimate of drug-likeness (QED) is 0.491. The molecule has 0 saturated carbocycles. The first-order valence-corrected chi connectivity index (χ1v) is 7.50. The number of carbonyl (C=O) groups is 1. The van der Waals surface area contributed by atoms with Gasteiger partial charge in [0.05, 0.1) is 11.5 Å². The first-order valence-electron chi connectivity index (χ1n) is 7.10. The van der Waals surface area contributed by atoms with Gasteiger partial charge in [0.2, 0.25) is 0 Å². The number of benzene rings is 2. The Labute approximate surface area is 143 Å². The van der Waals surface area contributed by atoms with E-state index in [2.05, 4.69) is 10.6 Å². The highest BCUT2D eigenvalue weighted by Gasteiger charge is 2.15. The van der Waals surface area contributed by atoms with Crippen molar-refractivity contribution in [2.45, 2.75) is 6.92 Å². The third kappa shape index (κ3) is 4.50.